The van der Waals surface area contributed by atoms with Gasteiger partial charge in [0, 0.05) is 44.6 Å². The molecule has 1 N–H and O–H groups in total. The topological polar surface area (TPSA) is 80.5 Å². The SMILES string of the molecule is O=C(CCc1nnc(-c2ccccc2)o1)NCCN1CCOCC1. The molecule has 1 aromatic heterocycles. The molecule has 7 nitrogen and oxygen atoms in total. The number of rotatable bonds is 7. The number of ether oxygens (including phenoxy) is 1. The number of morpholine rings is 1. The number of amides is 1. The van der Waals surface area contributed by atoms with E-state index in [2.05, 4.69) is 20.4 Å². The molecular weight excluding hydrogens is 308 g/mol. The van der Waals surface area contributed by atoms with Crippen molar-refractivity contribution in [3.8, 4) is 11.5 Å². The van der Waals surface area contributed by atoms with Gasteiger partial charge in [-0.2, -0.15) is 0 Å². The maximum Gasteiger partial charge on any atom is 0.247 e. The smallest absolute Gasteiger partial charge is 0.247 e. The Morgan fingerprint density at radius 2 is 1.96 bits per heavy atom. The molecule has 1 aromatic carbocycles. The molecule has 0 atom stereocenters. The number of hydrogen-bond donors (Lipinski definition) is 1. The van der Waals surface area contributed by atoms with Gasteiger partial charge >= 0.3 is 0 Å². The second-order valence-corrected chi connectivity index (χ2v) is 5.67. The van der Waals surface area contributed by atoms with Gasteiger partial charge in [-0.1, -0.05) is 18.2 Å². The first-order chi connectivity index (χ1) is 11.8. The fourth-order valence-electron chi connectivity index (χ4n) is 2.54. The van der Waals surface area contributed by atoms with Crippen LogP contribution in [0, 0.1) is 0 Å². The molecule has 7 heteroatoms. The van der Waals surface area contributed by atoms with Crippen molar-refractivity contribution in [3.05, 3.63) is 36.2 Å². The summed E-state index contributed by atoms with van der Waals surface area (Å²) in [5.41, 5.74) is 0.881. The van der Waals surface area contributed by atoms with E-state index in [-0.39, 0.29) is 5.91 Å². The summed E-state index contributed by atoms with van der Waals surface area (Å²) >= 11 is 0. The molecule has 1 aliphatic heterocycles. The maximum absolute atomic E-state index is 11.9. The van der Waals surface area contributed by atoms with Crippen LogP contribution in [0.3, 0.4) is 0 Å². The molecular formula is C17H22N4O3. The highest BCUT2D eigenvalue weighted by molar-refractivity contribution is 5.76. The van der Waals surface area contributed by atoms with Crippen LogP contribution in [0.1, 0.15) is 12.3 Å². The van der Waals surface area contributed by atoms with Crippen molar-refractivity contribution in [3.63, 3.8) is 0 Å². The number of hydrogen-bond acceptors (Lipinski definition) is 6. The fourth-order valence-corrected chi connectivity index (χ4v) is 2.54. The lowest BCUT2D eigenvalue weighted by molar-refractivity contribution is -0.121. The highest BCUT2D eigenvalue weighted by atomic mass is 16.5. The standard InChI is InChI=1S/C17H22N4O3/c22-15(18-8-9-21-10-12-23-13-11-21)6-7-16-19-20-17(24-16)14-4-2-1-3-5-14/h1-5H,6-13H2,(H,18,22). The highest BCUT2D eigenvalue weighted by Gasteiger charge is 2.12. The number of carbonyl (C=O) groups excluding carboxylic acids is 1. The van der Waals surface area contributed by atoms with Crippen molar-refractivity contribution in [1.82, 2.24) is 20.4 Å². The van der Waals surface area contributed by atoms with Gasteiger partial charge < -0.3 is 14.5 Å². The lowest BCUT2D eigenvalue weighted by Gasteiger charge is -2.26. The molecule has 0 bridgehead atoms. The van der Waals surface area contributed by atoms with E-state index in [1.807, 2.05) is 30.3 Å². The van der Waals surface area contributed by atoms with Crippen LogP contribution in [-0.4, -0.2) is 60.4 Å². The van der Waals surface area contributed by atoms with Crippen LogP contribution in [0.2, 0.25) is 0 Å². The minimum absolute atomic E-state index is 0.00252. The van der Waals surface area contributed by atoms with E-state index in [4.69, 9.17) is 9.15 Å². The summed E-state index contributed by atoms with van der Waals surface area (Å²) in [6.07, 6.45) is 0.794. The Morgan fingerprint density at radius 1 is 1.17 bits per heavy atom. The molecule has 2 aromatic rings. The van der Waals surface area contributed by atoms with E-state index in [1.165, 1.54) is 0 Å². The van der Waals surface area contributed by atoms with Gasteiger partial charge in [-0.05, 0) is 12.1 Å². The van der Waals surface area contributed by atoms with Gasteiger partial charge in [-0.25, -0.2) is 0 Å². The molecule has 0 spiro atoms. The van der Waals surface area contributed by atoms with Crippen molar-refractivity contribution in [2.75, 3.05) is 39.4 Å². The van der Waals surface area contributed by atoms with Crippen LogP contribution in [0.25, 0.3) is 11.5 Å². The van der Waals surface area contributed by atoms with Crippen LogP contribution in [0.15, 0.2) is 34.7 Å². The van der Waals surface area contributed by atoms with Crippen LogP contribution in [0.4, 0.5) is 0 Å². The lowest BCUT2D eigenvalue weighted by Crippen LogP contribution is -2.41. The van der Waals surface area contributed by atoms with E-state index in [0.717, 1.165) is 38.4 Å². The maximum atomic E-state index is 11.9. The van der Waals surface area contributed by atoms with Crippen molar-refractivity contribution in [1.29, 1.82) is 0 Å². The molecule has 1 aliphatic rings. The van der Waals surface area contributed by atoms with Gasteiger partial charge in [-0.15, -0.1) is 10.2 Å². The van der Waals surface area contributed by atoms with Gasteiger partial charge in [0.2, 0.25) is 17.7 Å². The van der Waals surface area contributed by atoms with Crippen LogP contribution in [-0.2, 0) is 16.0 Å². The number of carbonyl (C=O) groups is 1. The number of nitrogens with one attached hydrogen (secondary N) is 1. The Labute approximate surface area is 141 Å². The molecule has 2 heterocycles. The predicted octanol–water partition coefficient (Wildman–Crippen LogP) is 1.12. The molecule has 128 valence electrons. The first-order valence-electron chi connectivity index (χ1n) is 8.26. The Balaban J connectivity index is 1.38. The molecule has 1 saturated heterocycles. The summed E-state index contributed by atoms with van der Waals surface area (Å²) in [5.74, 6) is 0.971. The van der Waals surface area contributed by atoms with E-state index < -0.39 is 0 Å². The van der Waals surface area contributed by atoms with Gasteiger partial charge in [0.15, 0.2) is 0 Å². The first kappa shape index (κ1) is 16.6. The molecule has 3 rings (SSSR count). The van der Waals surface area contributed by atoms with E-state index in [9.17, 15) is 4.79 Å². The Bertz CT molecular complexity index is 638. The number of aromatic nitrogens is 2. The van der Waals surface area contributed by atoms with Crippen LogP contribution < -0.4 is 5.32 Å². The quantitative estimate of drug-likeness (QED) is 0.819. The minimum atomic E-state index is 0.00252. The molecule has 0 unspecified atom stereocenters. The van der Waals surface area contributed by atoms with Crippen LogP contribution in [0.5, 0.6) is 0 Å². The third kappa shape index (κ3) is 4.87. The second-order valence-electron chi connectivity index (χ2n) is 5.67. The molecule has 1 fully saturated rings. The number of aryl methyl sites for hydroxylation is 1. The van der Waals surface area contributed by atoms with Crippen molar-refractivity contribution in [2.45, 2.75) is 12.8 Å². The molecule has 0 radical (unpaired) electrons. The average Bonchev–Trinajstić information content (AvgIpc) is 3.11. The number of nitrogens with zero attached hydrogens (tertiary/aromatic N) is 3. The summed E-state index contributed by atoms with van der Waals surface area (Å²) in [7, 11) is 0. The summed E-state index contributed by atoms with van der Waals surface area (Å²) < 4.78 is 10.9. The molecule has 0 aliphatic carbocycles. The summed E-state index contributed by atoms with van der Waals surface area (Å²) in [5, 5.41) is 10.9. The molecule has 0 saturated carbocycles. The lowest BCUT2D eigenvalue weighted by atomic mass is 10.2. The molecule has 1 amide bonds. The summed E-state index contributed by atoms with van der Waals surface area (Å²) in [6, 6.07) is 9.59. The zero-order valence-electron chi connectivity index (χ0n) is 13.6. The predicted molar refractivity (Wildman–Crippen MR) is 88.3 cm³/mol. The third-order valence-corrected chi connectivity index (χ3v) is 3.91. The van der Waals surface area contributed by atoms with Gasteiger partial charge in [-0.3, -0.25) is 9.69 Å². The minimum Gasteiger partial charge on any atom is -0.421 e. The van der Waals surface area contributed by atoms with E-state index >= 15 is 0 Å². The zero-order valence-corrected chi connectivity index (χ0v) is 13.6. The van der Waals surface area contributed by atoms with Gasteiger partial charge in [0.1, 0.15) is 0 Å². The fraction of sp³-hybridized carbons (Fsp3) is 0.471. The van der Waals surface area contributed by atoms with E-state index in [1.54, 1.807) is 0 Å². The van der Waals surface area contributed by atoms with Gasteiger partial charge in [0.05, 0.1) is 13.2 Å². The van der Waals surface area contributed by atoms with Gasteiger partial charge in [0.25, 0.3) is 0 Å². The first-order valence-corrected chi connectivity index (χ1v) is 8.26. The third-order valence-electron chi connectivity index (χ3n) is 3.91. The van der Waals surface area contributed by atoms with Crippen molar-refractivity contribution < 1.29 is 13.9 Å². The number of benzene rings is 1. The van der Waals surface area contributed by atoms with Crippen molar-refractivity contribution in [2.24, 2.45) is 0 Å². The summed E-state index contributed by atoms with van der Waals surface area (Å²) in [4.78, 5) is 14.2. The Hall–Kier alpha value is -2.25. The van der Waals surface area contributed by atoms with Crippen molar-refractivity contribution >= 4 is 5.91 Å². The second kappa shape index (κ2) is 8.56. The zero-order chi connectivity index (χ0) is 16.6. The average molecular weight is 330 g/mol. The normalized spacial score (nSPS) is 15.3. The van der Waals surface area contributed by atoms with E-state index in [0.29, 0.717) is 31.2 Å². The highest BCUT2D eigenvalue weighted by Crippen LogP contribution is 2.17. The molecule has 24 heavy (non-hydrogen) atoms. The van der Waals surface area contributed by atoms with Crippen LogP contribution >= 0.6 is 0 Å². The largest absolute Gasteiger partial charge is 0.421 e. The summed E-state index contributed by atoms with van der Waals surface area (Å²) in [6.45, 7) is 4.91. The Kier molecular flexibility index (Phi) is 5.92. The Morgan fingerprint density at radius 3 is 2.75 bits per heavy atom. The monoisotopic (exact) mass is 330 g/mol.